The van der Waals surface area contributed by atoms with E-state index in [2.05, 4.69) is 24.3 Å². The summed E-state index contributed by atoms with van der Waals surface area (Å²) in [5.74, 6) is 1.67. The number of carbonyl (C=O) groups excluding carboxylic acids is 1. The quantitative estimate of drug-likeness (QED) is 0.715. The molecule has 2 aromatic heterocycles. The van der Waals surface area contributed by atoms with Crippen LogP contribution in [0.2, 0.25) is 0 Å². The summed E-state index contributed by atoms with van der Waals surface area (Å²) < 4.78 is 7.21. The summed E-state index contributed by atoms with van der Waals surface area (Å²) in [4.78, 5) is 14.9. The van der Waals surface area contributed by atoms with Gasteiger partial charge < -0.3 is 9.42 Å². The van der Waals surface area contributed by atoms with E-state index in [-0.39, 0.29) is 18.0 Å². The molecule has 0 bridgehead atoms. The average Bonchev–Trinajstić information content (AvgIpc) is 3.41. The number of nitrogens with one attached hydrogen (secondary N) is 1. The first-order chi connectivity index (χ1) is 13.5. The summed E-state index contributed by atoms with van der Waals surface area (Å²) in [7, 11) is 0. The minimum atomic E-state index is -0.149. The van der Waals surface area contributed by atoms with Crippen molar-refractivity contribution in [2.75, 3.05) is 11.9 Å². The van der Waals surface area contributed by atoms with Crippen molar-refractivity contribution in [3.05, 3.63) is 59.6 Å². The lowest BCUT2D eigenvalue weighted by Crippen LogP contribution is -2.34. The lowest BCUT2D eigenvalue weighted by molar-refractivity contribution is 0.195. The van der Waals surface area contributed by atoms with Crippen molar-refractivity contribution in [2.24, 2.45) is 0 Å². The van der Waals surface area contributed by atoms with Crippen LogP contribution in [-0.2, 0) is 0 Å². The number of para-hydroxylation sites is 1. The van der Waals surface area contributed by atoms with E-state index in [9.17, 15) is 4.79 Å². The third kappa shape index (κ3) is 3.52. The molecule has 1 saturated heterocycles. The van der Waals surface area contributed by atoms with Crippen LogP contribution >= 0.6 is 0 Å². The third-order valence-corrected chi connectivity index (χ3v) is 5.04. The average molecular weight is 379 g/mol. The van der Waals surface area contributed by atoms with Gasteiger partial charge in [0.05, 0.1) is 23.1 Å². The van der Waals surface area contributed by atoms with Gasteiger partial charge in [0.2, 0.25) is 0 Å². The molecule has 146 valence electrons. The summed E-state index contributed by atoms with van der Waals surface area (Å²) in [6, 6.07) is 13.4. The molecule has 0 saturated carbocycles. The molecule has 1 fully saturated rings. The van der Waals surface area contributed by atoms with Crippen LogP contribution in [0.5, 0.6) is 0 Å². The van der Waals surface area contributed by atoms with Crippen molar-refractivity contribution >= 4 is 11.8 Å². The highest BCUT2D eigenvalue weighted by molar-refractivity contribution is 5.89. The molecule has 7 nitrogen and oxygen atoms in total. The van der Waals surface area contributed by atoms with Gasteiger partial charge >= 0.3 is 6.03 Å². The Bertz CT molecular complexity index is 960. The molecular formula is C21H25N5O2. The first-order valence-electron chi connectivity index (χ1n) is 9.69. The standard InChI is InChI=1S/C21H25N5O2/c1-14(2)17-13-20(26(23-17)16-8-5-4-6-9-16)22-21(27)25-11-7-10-18(25)19-12-15(3)24-28-19/h4-6,8-9,12-14,18H,7,10-11H2,1-3H3,(H,22,27)/t18-/m0/s1. The number of amides is 2. The Hall–Kier alpha value is -3.09. The van der Waals surface area contributed by atoms with Gasteiger partial charge in [0.15, 0.2) is 5.76 Å². The number of carbonyl (C=O) groups is 1. The smallest absolute Gasteiger partial charge is 0.323 e. The van der Waals surface area contributed by atoms with E-state index in [0.29, 0.717) is 12.4 Å². The van der Waals surface area contributed by atoms with Gasteiger partial charge in [0, 0.05) is 18.7 Å². The van der Waals surface area contributed by atoms with Gasteiger partial charge in [-0.15, -0.1) is 0 Å². The molecule has 1 aromatic carbocycles. The van der Waals surface area contributed by atoms with E-state index >= 15 is 0 Å². The molecule has 3 aromatic rings. The minimum absolute atomic E-state index is 0.0844. The molecule has 2 amide bonds. The predicted octanol–water partition coefficient (Wildman–Crippen LogP) is 4.66. The zero-order valence-electron chi connectivity index (χ0n) is 16.4. The molecule has 4 rings (SSSR count). The monoisotopic (exact) mass is 379 g/mol. The fourth-order valence-electron chi connectivity index (χ4n) is 3.56. The van der Waals surface area contributed by atoms with Gasteiger partial charge in [-0.1, -0.05) is 37.2 Å². The summed E-state index contributed by atoms with van der Waals surface area (Å²) in [6.45, 7) is 6.75. The molecule has 0 unspecified atom stereocenters. The number of rotatable bonds is 4. The van der Waals surface area contributed by atoms with E-state index < -0.39 is 0 Å². The molecule has 0 spiro atoms. The topological polar surface area (TPSA) is 76.2 Å². The fraction of sp³-hybridized carbons (Fsp3) is 0.381. The normalized spacial score (nSPS) is 16.7. The largest absolute Gasteiger partial charge is 0.359 e. The van der Waals surface area contributed by atoms with Gasteiger partial charge in [0.1, 0.15) is 5.82 Å². The van der Waals surface area contributed by atoms with Crippen molar-refractivity contribution in [2.45, 2.75) is 45.6 Å². The Kier molecular flexibility index (Phi) is 4.90. The number of urea groups is 1. The molecule has 0 aliphatic carbocycles. The molecule has 1 N–H and O–H groups in total. The summed E-state index contributed by atoms with van der Waals surface area (Å²) >= 11 is 0. The van der Waals surface area contributed by atoms with Gasteiger partial charge in [0.25, 0.3) is 0 Å². The predicted molar refractivity (Wildman–Crippen MR) is 107 cm³/mol. The molecule has 28 heavy (non-hydrogen) atoms. The Labute approximate surface area is 164 Å². The van der Waals surface area contributed by atoms with Gasteiger partial charge in [-0.3, -0.25) is 5.32 Å². The zero-order valence-corrected chi connectivity index (χ0v) is 16.4. The number of nitrogens with zero attached hydrogens (tertiary/aromatic N) is 4. The van der Waals surface area contributed by atoms with Crippen molar-refractivity contribution in [1.29, 1.82) is 0 Å². The molecule has 0 radical (unpaired) electrons. The molecule has 1 atom stereocenters. The van der Waals surface area contributed by atoms with Crippen LogP contribution in [-0.4, -0.2) is 32.4 Å². The zero-order chi connectivity index (χ0) is 19.7. The second-order valence-electron chi connectivity index (χ2n) is 7.51. The Morgan fingerprint density at radius 2 is 2.04 bits per heavy atom. The number of hydrogen-bond donors (Lipinski definition) is 1. The molecular weight excluding hydrogens is 354 g/mol. The second kappa shape index (κ2) is 7.50. The summed E-state index contributed by atoms with van der Waals surface area (Å²) in [5, 5.41) is 11.7. The first kappa shape index (κ1) is 18.3. The van der Waals surface area contributed by atoms with Crippen LogP contribution in [0.1, 0.15) is 55.8 Å². The van der Waals surface area contributed by atoms with Crippen molar-refractivity contribution in [1.82, 2.24) is 19.8 Å². The summed E-state index contributed by atoms with van der Waals surface area (Å²) in [5.41, 5.74) is 2.67. The van der Waals surface area contributed by atoms with E-state index in [1.165, 1.54) is 0 Å². The molecule has 1 aliphatic rings. The summed E-state index contributed by atoms with van der Waals surface area (Å²) in [6.07, 6.45) is 1.81. The van der Waals surface area contributed by atoms with Gasteiger partial charge in [-0.2, -0.15) is 5.10 Å². The molecule has 1 aliphatic heterocycles. The molecule has 3 heterocycles. The van der Waals surface area contributed by atoms with Crippen LogP contribution in [0, 0.1) is 6.92 Å². The fourth-order valence-corrected chi connectivity index (χ4v) is 3.56. The van der Waals surface area contributed by atoms with E-state index in [1.54, 1.807) is 4.68 Å². The molecule has 7 heteroatoms. The Morgan fingerprint density at radius 1 is 1.25 bits per heavy atom. The van der Waals surface area contributed by atoms with Gasteiger partial charge in [-0.25, -0.2) is 9.48 Å². The maximum atomic E-state index is 13.1. The van der Waals surface area contributed by atoms with Crippen molar-refractivity contribution in [3.63, 3.8) is 0 Å². The van der Waals surface area contributed by atoms with Crippen LogP contribution in [0.25, 0.3) is 5.69 Å². The van der Waals surface area contributed by atoms with Crippen LogP contribution in [0.15, 0.2) is 47.0 Å². The number of anilines is 1. The number of benzene rings is 1. The first-order valence-corrected chi connectivity index (χ1v) is 9.69. The maximum absolute atomic E-state index is 13.1. The van der Waals surface area contributed by atoms with Crippen LogP contribution in [0.3, 0.4) is 0 Å². The van der Waals surface area contributed by atoms with Crippen LogP contribution in [0.4, 0.5) is 10.6 Å². The highest BCUT2D eigenvalue weighted by Crippen LogP contribution is 2.33. The Morgan fingerprint density at radius 3 is 2.71 bits per heavy atom. The highest BCUT2D eigenvalue weighted by Gasteiger charge is 2.33. The minimum Gasteiger partial charge on any atom is -0.359 e. The SMILES string of the molecule is Cc1cc([C@@H]2CCCN2C(=O)Nc2cc(C(C)C)nn2-c2ccccc2)on1. The number of likely N-dealkylation sites (tertiary alicyclic amines) is 1. The van der Waals surface area contributed by atoms with Crippen LogP contribution < -0.4 is 5.32 Å². The Balaban J connectivity index is 1.60. The highest BCUT2D eigenvalue weighted by atomic mass is 16.5. The van der Waals surface area contributed by atoms with E-state index in [0.717, 1.165) is 35.7 Å². The number of aryl methyl sites for hydroxylation is 1. The lowest BCUT2D eigenvalue weighted by Gasteiger charge is -2.23. The maximum Gasteiger partial charge on any atom is 0.323 e. The second-order valence-corrected chi connectivity index (χ2v) is 7.51. The number of hydrogen-bond acceptors (Lipinski definition) is 4. The van der Waals surface area contributed by atoms with Gasteiger partial charge in [-0.05, 0) is 37.8 Å². The van der Waals surface area contributed by atoms with E-state index in [1.807, 2.05) is 54.3 Å². The lowest BCUT2D eigenvalue weighted by atomic mass is 10.1. The van der Waals surface area contributed by atoms with Crippen molar-refractivity contribution in [3.8, 4) is 5.69 Å². The third-order valence-electron chi connectivity index (χ3n) is 5.04. The number of aromatic nitrogens is 3. The van der Waals surface area contributed by atoms with E-state index in [4.69, 9.17) is 9.62 Å². The van der Waals surface area contributed by atoms with Crippen molar-refractivity contribution < 1.29 is 9.32 Å².